The smallest absolute Gasteiger partial charge is 0.234 e. The number of methoxy groups -OCH3 is 2. The normalized spacial score (nSPS) is 10.5. The van der Waals surface area contributed by atoms with Gasteiger partial charge >= 0.3 is 0 Å². The van der Waals surface area contributed by atoms with Crippen LogP contribution in [0, 0.1) is 0 Å². The Hall–Kier alpha value is -2.20. The largest absolute Gasteiger partial charge is 0.497 e. The van der Waals surface area contributed by atoms with Crippen molar-refractivity contribution in [3.63, 3.8) is 0 Å². The molecule has 3 aromatic rings. The zero-order valence-electron chi connectivity index (χ0n) is 15.4. The molecule has 2 N–H and O–H groups in total. The number of carbonyl (C=O) groups excluding carboxylic acids is 1. The molecule has 152 valence electrons. The Labute approximate surface area is 185 Å². The third-order valence-electron chi connectivity index (χ3n) is 3.58. The van der Waals surface area contributed by atoms with Crippen molar-refractivity contribution in [1.82, 2.24) is 10.2 Å². The quantitative estimate of drug-likeness (QED) is 0.429. The first-order valence-corrected chi connectivity index (χ1v) is 10.7. The maximum absolute atomic E-state index is 12.1. The van der Waals surface area contributed by atoms with Gasteiger partial charge in [0.25, 0.3) is 0 Å². The van der Waals surface area contributed by atoms with E-state index in [0.29, 0.717) is 42.4 Å². The number of amides is 1. The van der Waals surface area contributed by atoms with Gasteiger partial charge in [0, 0.05) is 11.8 Å². The Morgan fingerprint density at radius 1 is 1.10 bits per heavy atom. The van der Waals surface area contributed by atoms with Crippen molar-refractivity contribution in [1.29, 1.82) is 0 Å². The highest BCUT2D eigenvalue weighted by molar-refractivity contribution is 8.01. The molecule has 2 aromatic carbocycles. The number of hydrogen-bond acceptors (Lipinski definition) is 8. The fourth-order valence-corrected chi connectivity index (χ4v) is 4.11. The first-order valence-electron chi connectivity index (χ1n) is 8.18. The van der Waals surface area contributed by atoms with Crippen LogP contribution in [0.25, 0.3) is 0 Å². The highest BCUT2D eigenvalue weighted by atomic mass is 35.5. The molecule has 0 aliphatic heterocycles. The number of ether oxygens (including phenoxy) is 2. The van der Waals surface area contributed by atoms with E-state index in [-0.39, 0.29) is 11.7 Å². The average molecular weight is 471 g/mol. The summed E-state index contributed by atoms with van der Waals surface area (Å²) >= 11 is 14.4. The molecule has 29 heavy (non-hydrogen) atoms. The molecule has 0 saturated heterocycles. The summed E-state index contributed by atoms with van der Waals surface area (Å²) < 4.78 is 11.2. The van der Waals surface area contributed by atoms with Crippen molar-refractivity contribution in [2.75, 3.05) is 30.6 Å². The van der Waals surface area contributed by atoms with Gasteiger partial charge in [-0.25, -0.2) is 0 Å². The fourth-order valence-electron chi connectivity index (χ4n) is 2.24. The van der Waals surface area contributed by atoms with Crippen molar-refractivity contribution in [2.45, 2.75) is 4.34 Å². The van der Waals surface area contributed by atoms with Crippen LogP contribution in [0.5, 0.6) is 11.5 Å². The van der Waals surface area contributed by atoms with E-state index in [1.54, 1.807) is 50.6 Å². The van der Waals surface area contributed by atoms with Crippen molar-refractivity contribution >= 4 is 68.7 Å². The Bertz CT molecular complexity index is 1020. The molecule has 0 spiro atoms. The molecule has 1 amide bonds. The van der Waals surface area contributed by atoms with Crippen molar-refractivity contribution in [3.8, 4) is 11.5 Å². The summed E-state index contributed by atoms with van der Waals surface area (Å²) in [6.45, 7) is 0. The SMILES string of the molecule is COc1ccc(OC)c(Nc2nnc(SCC(=O)Nc3ccc(Cl)c(Cl)c3)s2)c1. The minimum absolute atomic E-state index is 0.178. The van der Waals surface area contributed by atoms with Gasteiger partial charge in [-0.05, 0) is 30.3 Å². The summed E-state index contributed by atoms with van der Waals surface area (Å²) in [4.78, 5) is 12.1. The Morgan fingerprint density at radius 3 is 2.66 bits per heavy atom. The van der Waals surface area contributed by atoms with E-state index in [0.717, 1.165) is 0 Å². The average Bonchev–Trinajstić information content (AvgIpc) is 3.16. The van der Waals surface area contributed by atoms with Crippen LogP contribution >= 0.6 is 46.3 Å². The molecule has 1 heterocycles. The number of halogens is 2. The van der Waals surface area contributed by atoms with Crippen LogP contribution in [0.3, 0.4) is 0 Å². The second-order valence-corrected chi connectivity index (χ2v) is 8.54. The predicted molar refractivity (Wildman–Crippen MR) is 119 cm³/mol. The standard InChI is InChI=1S/C18H16Cl2N4O3S2/c1-26-11-4-6-15(27-2)14(8-11)22-17-23-24-18(29-17)28-9-16(25)21-10-3-5-12(19)13(20)7-10/h3-8H,9H2,1-2H3,(H,21,25)(H,22,23). The van der Waals surface area contributed by atoms with E-state index in [2.05, 4.69) is 20.8 Å². The lowest BCUT2D eigenvalue weighted by Crippen LogP contribution is -2.13. The molecule has 1 aromatic heterocycles. The monoisotopic (exact) mass is 470 g/mol. The first-order chi connectivity index (χ1) is 14.0. The number of nitrogens with one attached hydrogen (secondary N) is 2. The van der Waals surface area contributed by atoms with Gasteiger partial charge in [-0.3, -0.25) is 4.79 Å². The maximum Gasteiger partial charge on any atom is 0.234 e. The molecule has 0 saturated carbocycles. The highest BCUT2D eigenvalue weighted by Gasteiger charge is 2.12. The number of aromatic nitrogens is 2. The van der Waals surface area contributed by atoms with Gasteiger partial charge < -0.3 is 20.1 Å². The summed E-state index contributed by atoms with van der Waals surface area (Å²) in [5, 5.41) is 15.5. The molecule has 0 fully saturated rings. The van der Waals surface area contributed by atoms with E-state index in [1.165, 1.54) is 23.1 Å². The summed E-state index contributed by atoms with van der Waals surface area (Å²) in [7, 11) is 3.18. The van der Waals surface area contributed by atoms with Crippen LogP contribution in [0.15, 0.2) is 40.7 Å². The number of nitrogens with zero attached hydrogens (tertiary/aromatic N) is 2. The van der Waals surface area contributed by atoms with E-state index < -0.39 is 0 Å². The van der Waals surface area contributed by atoms with Gasteiger partial charge in [-0.1, -0.05) is 46.3 Å². The molecule has 0 aliphatic carbocycles. The third-order valence-corrected chi connectivity index (χ3v) is 6.30. The van der Waals surface area contributed by atoms with Crippen LogP contribution < -0.4 is 20.1 Å². The van der Waals surface area contributed by atoms with Crippen molar-refractivity contribution in [2.24, 2.45) is 0 Å². The summed E-state index contributed by atoms with van der Waals surface area (Å²) in [6.07, 6.45) is 0. The molecule has 0 bridgehead atoms. The molecule has 0 radical (unpaired) electrons. The second kappa shape index (κ2) is 10.0. The molecular weight excluding hydrogens is 455 g/mol. The molecular formula is C18H16Cl2N4O3S2. The Kier molecular flexibility index (Phi) is 7.43. The second-order valence-electron chi connectivity index (χ2n) is 5.53. The number of hydrogen-bond donors (Lipinski definition) is 2. The van der Waals surface area contributed by atoms with E-state index in [1.807, 2.05) is 0 Å². The van der Waals surface area contributed by atoms with Crippen LogP contribution in [0.1, 0.15) is 0 Å². The van der Waals surface area contributed by atoms with Crippen LogP contribution in [0.4, 0.5) is 16.5 Å². The van der Waals surface area contributed by atoms with Crippen LogP contribution in [0.2, 0.25) is 10.0 Å². The number of rotatable bonds is 8. The lowest BCUT2D eigenvalue weighted by atomic mass is 10.3. The Balaban J connectivity index is 1.58. The van der Waals surface area contributed by atoms with Gasteiger partial charge in [-0.15, -0.1) is 10.2 Å². The first kappa shape index (κ1) is 21.5. The molecule has 0 unspecified atom stereocenters. The summed E-state index contributed by atoms with van der Waals surface area (Å²) in [5.74, 6) is 1.33. The zero-order valence-corrected chi connectivity index (χ0v) is 18.5. The molecule has 7 nitrogen and oxygen atoms in total. The van der Waals surface area contributed by atoms with Gasteiger partial charge in [-0.2, -0.15) is 0 Å². The van der Waals surface area contributed by atoms with Crippen LogP contribution in [-0.2, 0) is 4.79 Å². The third kappa shape index (κ3) is 5.89. The predicted octanol–water partition coefficient (Wildman–Crippen LogP) is 5.34. The summed E-state index contributed by atoms with van der Waals surface area (Å²) in [6, 6.07) is 10.3. The van der Waals surface area contributed by atoms with E-state index in [9.17, 15) is 4.79 Å². The van der Waals surface area contributed by atoms with Gasteiger partial charge in [0.05, 0.1) is 35.7 Å². The topological polar surface area (TPSA) is 85.4 Å². The number of benzene rings is 2. The van der Waals surface area contributed by atoms with Crippen LogP contribution in [-0.4, -0.2) is 36.1 Å². The molecule has 3 rings (SSSR count). The van der Waals surface area contributed by atoms with Gasteiger partial charge in [0.15, 0.2) is 4.34 Å². The molecule has 11 heteroatoms. The lowest BCUT2D eigenvalue weighted by molar-refractivity contribution is -0.113. The number of carbonyl (C=O) groups is 1. The summed E-state index contributed by atoms with van der Waals surface area (Å²) in [5.41, 5.74) is 1.28. The zero-order chi connectivity index (χ0) is 20.8. The fraction of sp³-hybridized carbons (Fsp3) is 0.167. The number of anilines is 3. The lowest BCUT2D eigenvalue weighted by Gasteiger charge is -2.10. The van der Waals surface area contributed by atoms with Crippen molar-refractivity contribution < 1.29 is 14.3 Å². The van der Waals surface area contributed by atoms with Gasteiger partial charge in [0.1, 0.15) is 11.5 Å². The van der Waals surface area contributed by atoms with E-state index in [4.69, 9.17) is 32.7 Å². The molecule has 0 aliphatic rings. The maximum atomic E-state index is 12.1. The highest BCUT2D eigenvalue weighted by Crippen LogP contribution is 2.34. The molecule has 0 atom stereocenters. The van der Waals surface area contributed by atoms with Gasteiger partial charge in [0.2, 0.25) is 11.0 Å². The minimum atomic E-state index is -0.187. The van der Waals surface area contributed by atoms with Crippen molar-refractivity contribution in [3.05, 3.63) is 46.4 Å². The Morgan fingerprint density at radius 2 is 1.93 bits per heavy atom. The minimum Gasteiger partial charge on any atom is -0.497 e. The number of thioether (sulfide) groups is 1. The van der Waals surface area contributed by atoms with E-state index >= 15 is 0 Å².